The molecule has 6 aromatic rings. The summed E-state index contributed by atoms with van der Waals surface area (Å²) in [5, 5.41) is 38.0. The van der Waals surface area contributed by atoms with E-state index in [9.17, 15) is 10.2 Å². The molecule has 0 amide bonds. The van der Waals surface area contributed by atoms with E-state index in [1.54, 1.807) is 37.3 Å². The molecule has 0 saturated carbocycles. The van der Waals surface area contributed by atoms with E-state index in [2.05, 4.69) is 105 Å². The van der Waals surface area contributed by atoms with Crippen LogP contribution in [0.3, 0.4) is 0 Å². The van der Waals surface area contributed by atoms with Gasteiger partial charge in [-0.3, -0.25) is 0 Å². The van der Waals surface area contributed by atoms with Crippen molar-refractivity contribution in [3.8, 4) is 34.4 Å². The first-order valence-electron chi connectivity index (χ1n) is 22.6. The lowest BCUT2D eigenvalue weighted by Gasteiger charge is -2.40. The molecule has 0 fully saturated rings. The SMILES string of the molecule is [C-]#[N+]c1ccc(C[C@@H](c2nnc(-c3cccc(O)c3)o2)[C@H](C)O)c(C)c1Cl.[C-]#[N+]c1ccc(C[C@@H](c2nnc(-c3cccc(O[Si](C)(C)C(C)(C)C)c3)o2)[C@H](C)O[Si](C)(C)C(C)(C)C)c(C)c1Cl. The Morgan fingerprint density at radius 1 is 0.662 bits per heavy atom. The lowest BCUT2D eigenvalue weighted by atomic mass is 9.92. The van der Waals surface area contributed by atoms with Crippen LogP contribution in [0.25, 0.3) is 32.6 Å². The largest absolute Gasteiger partial charge is 0.543 e. The highest BCUT2D eigenvalue weighted by atomic mass is 35.5. The van der Waals surface area contributed by atoms with Crippen molar-refractivity contribution in [2.24, 2.45) is 0 Å². The van der Waals surface area contributed by atoms with Crippen molar-refractivity contribution in [3.05, 3.63) is 140 Å². The molecular weight excluding hydrogens is 932 g/mol. The molecule has 0 unspecified atom stereocenters. The average molecular weight is 996 g/mol. The normalized spacial score (nSPS) is 13.9. The molecule has 4 atom stereocenters. The minimum atomic E-state index is -2.09. The van der Waals surface area contributed by atoms with Gasteiger partial charge in [0.15, 0.2) is 8.32 Å². The van der Waals surface area contributed by atoms with Gasteiger partial charge in [0, 0.05) is 11.1 Å². The zero-order chi connectivity index (χ0) is 50.5. The van der Waals surface area contributed by atoms with Crippen molar-refractivity contribution >= 4 is 51.2 Å². The molecule has 0 aliphatic rings. The zero-order valence-electron chi connectivity index (χ0n) is 41.6. The standard InChI is InChI=1S/C32H46ClN3O3Si2.C20H18ClN3O3/c1-21-23(17-18-27(34-9)28(21)33)20-26(22(2)38-40(10,11)31(3,4)5)30-36-35-29(37-30)24-15-14-16-25(19-24)39-41(12,13)32(6,7)8;1-11-13(7-8-17(22-3)18(11)21)10-16(12(2)25)20-24-23-19(27-20)14-5-4-6-15(26)9-14/h14-19,22,26H,20H2,1-8,10-13H3;4-9,12,16,25-26H,10H2,1-2H3/t22-,26+;12-,16+/m00/s1. The molecule has 0 spiro atoms. The van der Waals surface area contributed by atoms with Gasteiger partial charge in [-0.1, -0.05) is 101 Å². The Bertz CT molecular complexity index is 2800. The fourth-order valence-electron chi connectivity index (χ4n) is 6.93. The van der Waals surface area contributed by atoms with E-state index in [-0.39, 0.29) is 33.7 Å². The van der Waals surface area contributed by atoms with Gasteiger partial charge in [-0.05, 0) is 135 Å². The van der Waals surface area contributed by atoms with E-state index in [0.29, 0.717) is 57.5 Å². The van der Waals surface area contributed by atoms with Crippen LogP contribution in [0.1, 0.15) is 101 Å². The molecule has 0 radical (unpaired) electrons. The van der Waals surface area contributed by atoms with Crippen molar-refractivity contribution in [3.63, 3.8) is 0 Å². The van der Waals surface area contributed by atoms with E-state index >= 15 is 0 Å². The quantitative estimate of drug-likeness (QED) is 0.0799. The maximum Gasteiger partial charge on any atom is 0.250 e. The van der Waals surface area contributed by atoms with E-state index in [1.807, 2.05) is 50.2 Å². The van der Waals surface area contributed by atoms with Crippen LogP contribution >= 0.6 is 23.2 Å². The Balaban J connectivity index is 0.000000276. The molecular formula is C52H64Cl2N6O6Si2. The van der Waals surface area contributed by atoms with Gasteiger partial charge in [0.05, 0.1) is 47.2 Å². The maximum atomic E-state index is 10.3. The van der Waals surface area contributed by atoms with Crippen molar-refractivity contribution in [2.75, 3.05) is 0 Å². The number of benzene rings is 4. The Morgan fingerprint density at radius 3 is 1.57 bits per heavy atom. The van der Waals surface area contributed by atoms with Crippen LogP contribution < -0.4 is 4.43 Å². The predicted octanol–water partition coefficient (Wildman–Crippen LogP) is 15.0. The lowest BCUT2D eigenvalue weighted by molar-refractivity contribution is 0.148. The Hall–Kier alpha value is -5.33. The molecule has 2 heterocycles. The molecule has 0 saturated heterocycles. The van der Waals surface area contributed by atoms with Gasteiger partial charge in [0.2, 0.25) is 43.3 Å². The predicted molar refractivity (Wildman–Crippen MR) is 276 cm³/mol. The van der Waals surface area contributed by atoms with Crippen molar-refractivity contribution in [1.29, 1.82) is 0 Å². The van der Waals surface area contributed by atoms with Crippen LogP contribution in [-0.2, 0) is 17.3 Å². The van der Waals surface area contributed by atoms with E-state index in [1.165, 1.54) is 6.07 Å². The van der Waals surface area contributed by atoms with Crippen molar-refractivity contribution in [2.45, 2.75) is 142 Å². The second kappa shape index (κ2) is 21.5. The third-order valence-corrected chi connectivity index (χ3v) is 23.3. The molecule has 68 heavy (non-hydrogen) atoms. The number of phenolic OH excluding ortho intramolecular Hbond substituents is 1. The first-order valence-corrected chi connectivity index (χ1v) is 29.2. The highest BCUT2D eigenvalue weighted by molar-refractivity contribution is 6.75. The topological polar surface area (TPSA) is 145 Å². The molecule has 12 nitrogen and oxygen atoms in total. The summed E-state index contributed by atoms with van der Waals surface area (Å²) in [6.45, 7) is 44.5. The summed E-state index contributed by atoms with van der Waals surface area (Å²) >= 11 is 12.8. The van der Waals surface area contributed by atoms with Gasteiger partial charge < -0.3 is 27.9 Å². The molecule has 6 rings (SSSR count). The highest BCUT2D eigenvalue weighted by Gasteiger charge is 2.41. The third kappa shape index (κ3) is 12.7. The summed E-state index contributed by atoms with van der Waals surface area (Å²) in [4.78, 5) is 6.95. The highest BCUT2D eigenvalue weighted by Crippen LogP contribution is 2.42. The Morgan fingerprint density at radius 2 is 1.12 bits per heavy atom. The number of phenols is 1. The number of hydrogen-bond acceptors (Lipinski definition) is 10. The van der Waals surface area contributed by atoms with Gasteiger partial charge in [-0.15, -0.1) is 20.4 Å². The summed E-state index contributed by atoms with van der Waals surface area (Å²) in [5.41, 5.74) is 5.88. The van der Waals surface area contributed by atoms with E-state index in [0.717, 1.165) is 33.6 Å². The van der Waals surface area contributed by atoms with E-state index < -0.39 is 28.7 Å². The van der Waals surface area contributed by atoms with Gasteiger partial charge in [-0.25, -0.2) is 9.69 Å². The molecule has 2 N–H and O–H groups in total. The number of hydrogen-bond donors (Lipinski definition) is 2. The second-order valence-electron chi connectivity index (χ2n) is 20.4. The van der Waals surface area contributed by atoms with Crippen LogP contribution in [0.2, 0.25) is 46.3 Å². The number of nitrogens with zero attached hydrogens (tertiary/aromatic N) is 6. The number of aliphatic hydroxyl groups excluding tert-OH is 1. The summed E-state index contributed by atoms with van der Waals surface area (Å²) in [6, 6.07) is 21.7. The first kappa shape index (κ1) is 53.6. The fourth-order valence-corrected chi connectivity index (χ4v) is 9.86. The van der Waals surface area contributed by atoms with Gasteiger partial charge >= 0.3 is 0 Å². The smallest absolute Gasteiger partial charge is 0.250 e. The molecule has 0 aliphatic carbocycles. The van der Waals surface area contributed by atoms with Crippen molar-refractivity contribution in [1.82, 2.24) is 20.4 Å². The molecule has 0 bridgehead atoms. The van der Waals surface area contributed by atoms with Gasteiger partial charge in [-0.2, -0.15) is 0 Å². The van der Waals surface area contributed by atoms with Gasteiger partial charge in [0.1, 0.15) is 11.5 Å². The number of halogens is 2. The Kier molecular flexibility index (Phi) is 17.0. The van der Waals surface area contributed by atoms with Crippen LogP contribution in [0.15, 0.2) is 81.6 Å². The monoisotopic (exact) mass is 994 g/mol. The summed E-state index contributed by atoms with van der Waals surface area (Å²) < 4.78 is 25.5. The summed E-state index contributed by atoms with van der Waals surface area (Å²) in [5.74, 6) is 1.81. The molecule has 2 aromatic heterocycles. The minimum absolute atomic E-state index is 0.0485. The second-order valence-corrected chi connectivity index (χ2v) is 30.6. The molecule has 4 aromatic carbocycles. The van der Waals surface area contributed by atoms with Crippen LogP contribution in [-0.4, -0.2) is 59.5 Å². The number of aromatic nitrogens is 4. The van der Waals surface area contributed by atoms with E-state index in [4.69, 9.17) is 54.0 Å². The molecule has 360 valence electrons. The average Bonchev–Trinajstić information content (AvgIpc) is 3.95. The maximum absolute atomic E-state index is 10.3. The van der Waals surface area contributed by atoms with Crippen molar-refractivity contribution < 1.29 is 27.9 Å². The molecule has 0 aliphatic heterocycles. The summed E-state index contributed by atoms with van der Waals surface area (Å²) in [7, 11) is -4.10. The van der Waals surface area contributed by atoms with Gasteiger partial charge in [0.25, 0.3) is 0 Å². The number of aromatic hydroxyl groups is 1. The molecule has 16 heteroatoms. The zero-order valence-corrected chi connectivity index (χ0v) is 45.1. The number of aliphatic hydroxyl groups is 1. The summed E-state index contributed by atoms with van der Waals surface area (Å²) in [6.07, 6.45) is 0.108. The van der Waals surface area contributed by atoms with Crippen LogP contribution in [0, 0.1) is 27.0 Å². The van der Waals surface area contributed by atoms with Crippen LogP contribution in [0.4, 0.5) is 11.4 Å². The number of rotatable bonds is 14. The lowest BCUT2D eigenvalue weighted by Crippen LogP contribution is -2.44. The first-order chi connectivity index (χ1) is 31.7. The van der Waals surface area contributed by atoms with Crippen LogP contribution in [0.5, 0.6) is 11.5 Å². The Labute approximate surface area is 414 Å². The minimum Gasteiger partial charge on any atom is -0.543 e. The fraction of sp³-hybridized carbons (Fsp3) is 0.423. The third-order valence-electron chi connectivity index (χ3n) is 13.4.